The van der Waals surface area contributed by atoms with E-state index in [-0.39, 0.29) is 36.9 Å². The van der Waals surface area contributed by atoms with Gasteiger partial charge in [-0.05, 0) is 80.6 Å². The summed E-state index contributed by atoms with van der Waals surface area (Å²) < 4.78 is 58.6. The Kier molecular flexibility index (Phi) is 9.97. The number of carbonyl (C=O) groups is 1. The number of amides is 1. The fourth-order valence-corrected chi connectivity index (χ4v) is 6.84. The Labute approximate surface area is 220 Å². The summed E-state index contributed by atoms with van der Waals surface area (Å²) in [6.45, 7) is 5.65. The van der Waals surface area contributed by atoms with Crippen LogP contribution in [0.15, 0.2) is 47.4 Å². The first-order valence-corrected chi connectivity index (χ1v) is 15.8. The Morgan fingerprint density at radius 3 is 2.19 bits per heavy atom. The van der Waals surface area contributed by atoms with E-state index in [9.17, 15) is 21.6 Å². The van der Waals surface area contributed by atoms with Gasteiger partial charge in [0.2, 0.25) is 26.0 Å². The molecule has 1 aliphatic rings. The van der Waals surface area contributed by atoms with Gasteiger partial charge < -0.3 is 10.1 Å². The first kappa shape index (κ1) is 28.9. The van der Waals surface area contributed by atoms with Crippen LogP contribution < -0.4 is 14.4 Å². The fraction of sp³-hybridized carbons (Fsp3) is 0.500. The maximum Gasteiger partial charge on any atom is 0.243 e. The summed E-state index contributed by atoms with van der Waals surface area (Å²) >= 11 is 0. The van der Waals surface area contributed by atoms with Gasteiger partial charge in [0, 0.05) is 26.1 Å². The number of rotatable bonds is 12. The van der Waals surface area contributed by atoms with E-state index in [0.717, 1.165) is 36.6 Å². The molecule has 2 aromatic rings. The molecule has 0 bridgehead atoms. The largest absolute Gasteiger partial charge is 0.492 e. The van der Waals surface area contributed by atoms with Crippen LogP contribution in [-0.2, 0) is 24.8 Å². The van der Waals surface area contributed by atoms with E-state index < -0.39 is 20.0 Å². The van der Waals surface area contributed by atoms with Crippen molar-refractivity contribution in [1.82, 2.24) is 9.62 Å². The predicted octanol–water partition coefficient (Wildman–Crippen LogP) is 3.22. The molecule has 2 aromatic carbocycles. The Morgan fingerprint density at radius 2 is 1.59 bits per heavy atom. The summed E-state index contributed by atoms with van der Waals surface area (Å²) in [4.78, 5) is 12.5. The van der Waals surface area contributed by atoms with Crippen LogP contribution in [0.1, 0.15) is 43.2 Å². The average molecular weight is 552 g/mol. The molecular formula is C26H37N3O6S2. The standard InChI is InChI=1S/C26H37N3O6S2/c1-21-18-22(2)20-23(19-21)29(36(3,31)32)16-7-8-26(30)27-13-17-35-24-9-11-25(12-10-24)37(33,34)28-14-5-4-6-15-28/h9-12,18-20H,4-8,13-17H2,1-3H3,(H,27,30). The van der Waals surface area contributed by atoms with E-state index in [4.69, 9.17) is 4.74 Å². The lowest BCUT2D eigenvalue weighted by Crippen LogP contribution is -2.35. The Bertz CT molecular complexity index is 1250. The average Bonchev–Trinajstić information content (AvgIpc) is 2.84. The molecule has 204 valence electrons. The van der Waals surface area contributed by atoms with Gasteiger partial charge in [-0.3, -0.25) is 9.10 Å². The highest BCUT2D eigenvalue weighted by molar-refractivity contribution is 7.92. The van der Waals surface area contributed by atoms with Crippen molar-refractivity contribution in [2.75, 3.05) is 43.3 Å². The molecule has 0 radical (unpaired) electrons. The summed E-state index contributed by atoms with van der Waals surface area (Å²) in [5.41, 5.74) is 2.54. The zero-order chi connectivity index (χ0) is 27.1. The van der Waals surface area contributed by atoms with Crippen molar-refractivity contribution in [3.63, 3.8) is 0 Å². The molecule has 0 spiro atoms. The second kappa shape index (κ2) is 12.7. The summed E-state index contributed by atoms with van der Waals surface area (Å²) in [7, 11) is -6.96. The predicted molar refractivity (Wildman–Crippen MR) is 145 cm³/mol. The molecular weight excluding hydrogens is 514 g/mol. The molecule has 1 amide bonds. The quantitative estimate of drug-likeness (QED) is 0.405. The smallest absolute Gasteiger partial charge is 0.243 e. The number of hydrogen-bond acceptors (Lipinski definition) is 6. The summed E-state index contributed by atoms with van der Waals surface area (Å²) in [5.74, 6) is 0.324. The lowest BCUT2D eigenvalue weighted by Gasteiger charge is -2.25. The number of carbonyl (C=O) groups excluding carboxylic acids is 1. The lowest BCUT2D eigenvalue weighted by atomic mass is 10.1. The molecule has 37 heavy (non-hydrogen) atoms. The molecule has 11 heteroatoms. The normalized spacial score (nSPS) is 14.8. The molecule has 0 aliphatic carbocycles. The van der Waals surface area contributed by atoms with E-state index in [1.165, 1.54) is 8.61 Å². The van der Waals surface area contributed by atoms with Crippen molar-refractivity contribution in [2.45, 2.75) is 50.8 Å². The van der Waals surface area contributed by atoms with Gasteiger partial charge in [0.25, 0.3) is 0 Å². The Balaban J connectivity index is 1.41. The molecule has 3 rings (SSSR count). The second-order valence-electron chi connectivity index (χ2n) is 9.42. The molecule has 0 atom stereocenters. The molecule has 0 aromatic heterocycles. The number of ether oxygens (including phenoxy) is 1. The van der Waals surface area contributed by atoms with E-state index >= 15 is 0 Å². The number of nitrogens with zero attached hydrogens (tertiary/aromatic N) is 2. The van der Waals surface area contributed by atoms with E-state index in [1.807, 2.05) is 32.0 Å². The zero-order valence-electron chi connectivity index (χ0n) is 21.8. The Hall–Kier alpha value is -2.63. The third-order valence-corrected chi connectivity index (χ3v) is 9.24. The van der Waals surface area contributed by atoms with Crippen LogP contribution in [0.4, 0.5) is 5.69 Å². The van der Waals surface area contributed by atoms with Crippen LogP contribution in [-0.4, -0.2) is 66.1 Å². The van der Waals surface area contributed by atoms with Crippen LogP contribution in [0.5, 0.6) is 5.75 Å². The van der Waals surface area contributed by atoms with Gasteiger partial charge in [-0.1, -0.05) is 12.5 Å². The SMILES string of the molecule is Cc1cc(C)cc(N(CCCC(=O)NCCOc2ccc(S(=O)(=O)N3CCCCC3)cc2)S(C)(=O)=O)c1. The molecule has 1 heterocycles. The van der Waals surface area contributed by atoms with Gasteiger partial charge in [-0.15, -0.1) is 0 Å². The number of nitrogens with one attached hydrogen (secondary N) is 1. The van der Waals surface area contributed by atoms with Gasteiger partial charge in [-0.25, -0.2) is 16.8 Å². The van der Waals surface area contributed by atoms with Crippen LogP contribution in [0.2, 0.25) is 0 Å². The molecule has 1 N–H and O–H groups in total. The number of aryl methyl sites for hydroxylation is 2. The zero-order valence-corrected chi connectivity index (χ0v) is 23.4. The maximum absolute atomic E-state index is 12.7. The monoisotopic (exact) mass is 551 g/mol. The highest BCUT2D eigenvalue weighted by atomic mass is 32.2. The summed E-state index contributed by atoms with van der Waals surface area (Å²) in [5, 5.41) is 2.77. The lowest BCUT2D eigenvalue weighted by molar-refractivity contribution is -0.121. The van der Waals surface area contributed by atoms with Crippen molar-refractivity contribution in [1.29, 1.82) is 0 Å². The molecule has 0 unspecified atom stereocenters. The Morgan fingerprint density at radius 1 is 0.973 bits per heavy atom. The minimum atomic E-state index is -3.48. The maximum atomic E-state index is 12.7. The highest BCUT2D eigenvalue weighted by Gasteiger charge is 2.25. The van der Waals surface area contributed by atoms with Crippen molar-refractivity contribution >= 4 is 31.6 Å². The van der Waals surface area contributed by atoms with E-state index in [1.54, 1.807) is 24.3 Å². The number of piperidine rings is 1. The number of benzene rings is 2. The van der Waals surface area contributed by atoms with E-state index in [0.29, 0.717) is 30.9 Å². The highest BCUT2D eigenvalue weighted by Crippen LogP contribution is 2.23. The fourth-order valence-electron chi connectivity index (χ4n) is 4.37. The minimum Gasteiger partial charge on any atom is -0.492 e. The molecule has 1 fully saturated rings. The second-order valence-corrected chi connectivity index (χ2v) is 13.3. The van der Waals surface area contributed by atoms with Crippen LogP contribution in [0.25, 0.3) is 0 Å². The molecule has 0 saturated carbocycles. The number of sulfonamides is 2. The van der Waals surface area contributed by atoms with Crippen LogP contribution >= 0.6 is 0 Å². The molecule has 1 saturated heterocycles. The van der Waals surface area contributed by atoms with Gasteiger partial charge in [0.1, 0.15) is 12.4 Å². The summed E-state index contributed by atoms with van der Waals surface area (Å²) in [6.07, 6.45) is 4.54. The minimum absolute atomic E-state index is 0.180. The topological polar surface area (TPSA) is 113 Å². The third kappa shape index (κ3) is 8.44. The summed E-state index contributed by atoms with van der Waals surface area (Å²) in [6, 6.07) is 11.9. The number of hydrogen-bond donors (Lipinski definition) is 1. The van der Waals surface area contributed by atoms with Gasteiger partial charge in [0.05, 0.1) is 23.4 Å². The van der Waals surface area contributed by atoms with Gasteiger partial charge >= 0.3 is 0 Å². The first-order chi connectivity index (χ1) is 17.5. The van der Waals surface area contributed by atoms with Crippen LogP contribution in [0, 0.1) is 13.8 Å². The van der Waals surface area contributed by atoms with Crippen molar-refractivity contribution in [3.8, 4) is 5.75 Å². The van der Waals surface area contributed by atoms with Crippen molar-refractivity contribution in [3.05, 3.63) is 53.6 Å². The first-order valence-electron chi connectivity index (χ1n) is 12.5. The third-order valence-electron chi connectivity index (χ3n) is 6.13. The van der Waals surface area contributed by atoms with Crippen LogP contribution in [0.3, 0.4) is 0 Å². The molecule has 9 nitrogen and oxygen atoms in total. The van der Waals surface area contributed by atoms with Gasteiger partial charge in [0.15, 0.2) is 0 Å². The number of anilines is 1. The van der Waals surface area contributed by atoms with Crippen molar-refractivity contribution in [2.24, 2.45) is 0 Å². The van der Waals surface area contributed by atoms with E-state index in [2.05, 4.69) is 5.32 Å². The van der Waals surface area contributed by atoms with Crippen molar-refractivity contribution < 1.29 is 26.4 Å². The molecule has 1 aliphatic heterocycles. The van der Waals surface area contributed by atoms with Gasteiger partial charge in [-0.2, -0.15) is 4.31 Å².